The lowest BCUT2D eigenvalue weighted by Crippen LogP contribution is -1.99. The zero-order valence-electron chi connectivity index (χ0n) is 12.9. The molecule has 0 radical (unpaired) electrons. The van der Waals surface area contributed by atoms with Gasteiger partial charge in [0, 0.05) is 21.8 Å². The quantitative estimate of drug-likeness (QED) is 0.624. The van der Waals surface area contributed by atoms with Crippen LogP contribution in [-0.4, -0.2) is 9.97 Å². The summed E-state index contributed by atoms with van der Waals surface area (Å²) >= 11 is 3.48. The van der Waals surface area contributed by atoms with E-state index in [4.69, 9.17) is 0 Å². The Morgan fingerprint density at radius 2 is 1.65 bits per heavy atom. The van der Waals surface area contributed by atoms with E-state index in [1.165, 1.54) is 5.56 Å². The summed E-state index contributed by atoms with van der Waals surface area (Å²) in [4.78, 5) is 9.00. The van der Waals surface area contributed by atoms with E-state index in [0.717, 1.165) is 33.1 Å². The summed E-state index contributed by atoms with van der Waals surface area (Å²) in [5, 5.41) is 3.33. The summed E-state index contributed by atoms with van der Waals surface area (Å²) in [6.07, 6.45) is 0. The molecule has 118 valence electrons. The van der Waals surface area contributed by atoms with Crippen LogP contribution in [0.15, 0.2) is 59.1 Å². The van der Waals surface area contributed by atoms with E-state index in [1.54, 1.807) is 0 Å². The van der Waals surface area contributed by atoms with Crippen molar-refractivity contribution in [1.29, 1.82) is 0 Å². The molecule has 2 aromatic carbocycles. The van der Waals surface area contributed by atoms with Gasteiger partial charge in [0.1, 0.15) is 11.6 Å². The van der Waals surface area contributed by atoms with Crippen LogP contribution in [0.5, 0.6) is 0 Å². The summed E-state index contributed by atoms with van der Waals surface area (Å²) in [6.45, 7) is 3.99. The molecule has 0 amide bonds. The fourth-order valence-electron chi connectivity index (χ4n) is 2.22. The highest BCUT2D eigenvalue weighted by Gasteiger charge is 2.05. The molecule has 5 heteroatoms. The van der Waals surface area contributed by atoms with Gasteiger partial charge in [0.15, 0.2) is 0 Å². The molecule has 1 heterocycles. The molecule has 0 saturated carbocycles. The summed E-state index contributed by atoms with van der Waals surface area (Å²) in [6, 6.07) is 18.3. The van der Waals surface area contributed by atoms with E-state index in [2.05, 4.69) is 62.4 Å². The van der Waals surface area contributed by atoms with Crippen LogP contribution in [0.1, 0.15) is 11.4 Å². The predicted molar refractivity (Wildman–Crippen MR) is 102 cm³/mol. The van der Waals surface area contributed by atoms with E-state index < -0.39 is 0 Å². The minimum absolute atomic E-state index is 0. The second-order valence-electron chi connectivity index (χ2n) is 5.19. The molecule has 0 unspecified atom stereocenters. The van der Waals surface area contributed by atoms with Crippen LogP contribution in [0.25, 0.3) is 11.3 Å². The van der Waals surface area contributed by atoms with Crippen LogP contribution in [0, 0.1) is 13.8 Å². The first-order chi connectivity index (χ1) is 10.6. The Bertz CT molecular complexity index is 804. The van der Waals surface area contributed by atoms with Crippen LogP contribution < -0.4 is 5.32 Å². The Balaban J connectivity index is 0.00000192. The lowest BCUT2D eigenvalue weighted by Gasteiger charge is -2.09. The summed E-state index contributed by atoms with van der Waals surface area (Å²) in [5.74, 6) is 1.54. The van der Waals surface area contributed by atoms with Crippen molar-refractivity contribution in [2.75, 3.05) is 5.32 Å². The summed E-state index contributed by atoms with van der Waals surface area (Å²) < 4.78 is 1.03. The van der Waals surface area contributed by atoms with Gasteiger partial charge in [-0.2, -0.15) is 0 Å². The molecule has 1 aromatic heterocycles. The maximum absolute atomic E-state index is 4.53. The Morgan fingerprint density at radius 3 is 2.35 bits per heavy atom. The number of nitrogens with zero attached hydrogens (tertiary/aromatic N) is 2. The van der Waals surface area contributed by atoms with Gasteiger partial charge in [-0.25, -0.2) is 9.97 Å². The highest BCUT2D eigenvalue weighted by molar-refractivity contribution is 9.10. The molecule has 1 N–H and O–H groups in total. The van der Waals surface area contributed by atoms with E-state index in [0.29, 0.717) is 0 Å². The minimum Gasteiger partial charge on any atom is -0.340 e. The molecule has 0 fully saturated rings. The number of hydrogen-bond acceptors (Lipinski definition) is 3. The Morgan fingerprint density at radius 1 is 0.913 bits per heavy atom. The van der Waals surface area contributed by atoms with E-state index in [9.17, 15) is 0 Å². The van der Waals surface area contributed by atoms with Gasteiger partial charge in [0.25, 0.3) is 0 Å². The van der Waals surface area contributed by atoms with Gasteiger partial charge in [0.05, 0.1) is 5.69 Å². The molecule has 0 aliphatic heterocycles. The fourth-order valence-corrected chi connectivity index (χ4v) is 2.62. The molecule has 23 heavy (non-hydrogen) atoms. The second-order valence-corrected chi connectivity index (χ2v) is 6.10. The molecule has 0 aliphatic rings. The molecular formula is C18H17BrClN3. The highest BCUT2D eigenvalue weighted by Crippen LogP contribution is 2.23. The first kappa shape index (κ1) is 17.4. The van der Waals surface area contributed by atoms with Crippen molar-refractivity contribution < 1.29 is 0 Å². The lowest BCUT2D eigenvalue weighted by molar-refractivity contribution is 1.06. The van der Waals surface area contributed by atoms with Crippen molar-refractivity contribution >= 4 is 39.8 Å². The average molecular weight is 391 g/mol. The molecule has 0 spiro atoms. The molecule has 3 aromatic rings. The van der Waals surface area contributed by atoms with Crippen molar-refractivity contribution in [2.45, 2.75) is 13.8 Å². The molecule has 0 atom stereocenters. The van der Waals surface area contributed by atoms with Gasteiger partial charge in [-0.15, -0.1) is 12.4 Å². The molecule has 0 bridgehead atoms. The Labute approximate surface area is 150 Å². The average Bonchev–Trinajstić information content (AvgIpc) is 2.47. The van der Waals surface area contributed by atoms with Crippen LogP contribution in [0.4, 0.5) is 11.5 Å². The number of nitrogens with one attached hydrogen (secondary N) is 1. The maximum atomic E-state index is 4.53. The number of aryl methyl sites for hydroxylation is 2. The number of halogens is 2. The summed E-state index contributed by atoms with van der Waals surface area (Å²) in [5.41, 5.74) is 4.24. The first-order valence-electron chi connectivity index (χ1n) is 7.05. The molecule has 0 saturated heterocycles. The number of aromatic nitrogens is 2. The number of anilines is 2. The normalized spacial score (nSPS) is 10.0. The standard InChI is InChI=1S/C18H16BrN3.ClH/c1-12-6-8-14(9-7-12)17-11-18(21-13(2)20-17)22-16-5-3-4-15(19)10-16;/h3-11H,1-2H3,(H,20,21,22);1H. The van der Waals surface area contributed by atoms with Crippen LogP contribution in [0.2, 0.25) is 0 Å². The number of rotatable bonds is 3. The Hall–Kier alpha value is -1.91. The minimum atomic E-state index is 0. The SMILES string of the molecule is Cc1ccc(-c2cc(Nc3cccc(Br)c3)nc(C)n2)cc1.Cl. The fraction of sp³-hybridized carbons (Fsp3) is 0.111. The smallest absolute Gasteiger partial charge is 0.134 e. The second kappa shape index (κ2) is 7.57. The van der Waals surface area contributed by atoms with Crippen molar-refractivity contribution in [3.63, 3.8) is 0 Å². The zero-order valence-corrected chi connectivity index (χ0v) is 15.3. The monoisotopic (exact) mass is 389 g/mol. The van der Waals surface area contributed by atoms with Gasteiger partial charge < -0.3 is 5.32 Å². The van der Waals surface area contributed by atoms with Crippen molar-refractivity contribution in [3.05, 3.63) is 70.5 Å². The third kappa shape index (κ3) is 4.53. The van der Waals surface area contributed by atoms with Gasteiger partial charge in [-0.1, -0.05) is 51.8 Å². The maximum Gasteiger partial charge on any atom is 0.134 e. The van der Waals surface area contributed by atoms with E-state index >= 15 is 0 Å². The number of benzene rings is 2. The topological polar surface area (TPSA) is 37.8 Å². The van der Waals surface area contributed by atoms with Crippen molar-refractivity contribution in [2.24, 2.45) is 0 Å². The predicted octanol–water partition coefficient (Wildman–Crippen LogP) is 5.69. The van der Waals surface area contributed by atoms with E-state index in [1.807, 2.05) is 37.3 Å². The Kier molecular flexibility index (Phi) is 5.74. The lowest BCUT2D eigenvalue weighted by atomic mass is 10.1. The van der Waals surface area contributed by atoms with Gasteiger partial charge >= 0.3 is 0 Å². The highest BCUT2D eigenvalue weighted by atomic mass is 79.9. The molecular weight excluding hydrogens is 374 g/mol. The third-order valence-corrected chi connectivity index (χ3v) is 3.78. The van der Waals surface area contributed by atoms with Crippen LogP contribution in [-0.2, 0) is 0 Å². The van der Waals surface area contributed by atoms with Crippen molar-refractivity contribution in [1.82, 2.24) is 9.97 Å². The zero-order chi connectivity index (χ0) is 15.5. The molecule has 0 aliphatic carbocycles. The van der Waals surface area contributed by atoms with Gasteiger partial charge in [0.2, 0.25) is 0 Å². The third-order valence-electron chi connectivity index (χ3n) is 3.28. The van der Waals surface area contributed by atoms with Gasteiger partial charge in [-0.3, -0.25) is 0 Å². The van der Waals surface area contributed by atoms with E-state index in [-0.39, 0.29) is 12.4 Å². The number of hydrogen-bond donors (Lipinski definition) is 1. The summed E-state index contributed by atoms with van der Waals surface area (Å²) in [7, 11) is 0. The first-order valence-corrected chi connectivity index (χ1v) is 7.85. The van der Waals surface area contributed by atoms with Crippen LogP contribution in [0.3, 0.4) is 0 Å². The van der Waals surface area contributed by atoms with Crippen molar-refractivity contribution in [3.8, 4) is 11.3 Å². The van der Waals surface area contributed by atoms with Crippen LogP contribution >= 0.6 is 28.3 Å². The van der Waals surface area contributed by atoms with Gasteiger partial charge in [-0.05, 0) is 32.0 Å². The molecule has 3 nitrogen and oxygen atoms in total. The largest absolute Gasteiger partial charge is 0.340 e. The molecule has 3 rings (SSSR count).